The van der Waals surface area contributed by atoms with Gasteiger partial charge in [0.15, 0.2) is 9.84 Å². The van der Waals surface area contributed by atoms with Crippen molar-refractivity contribution in [3.8, 4) is 0 Å². The van der Waals surface area contributed by atoms with Crippen LogP contribution in [0.2, 0.25) is 0 Å². The van der Waals surface area contributed by atoms with Crippen molar-refractivity contribution in [1.82, 2.24) is 5.32 Å². The van der Waals surface area contributed by atoms with Gasteiger partial charge in [-0.05, 0) is 30.5 Å². The molecule has 1 heterocycles. The zero-order chi connectivity index (χ0) is 16.4. The van der Waals surface area contributed by atoms with E-state index < -0.39 is 27.6 Å². The zero-order valence-corrected chi connectivity index (χ0v) is 12.3. The van der Waals surface area contributed by atoms with Gasteiger partial charge in [-0.15, -0.1) is 0 Å². The summed E-state index contributed by atoms with van der Waals surface area (Å²) in [5, 5.41) is 4.77. The van der Waals surface area contributed by atoms with Crippen LogP contribution in [-0.2, 0) is 16.0 Å². The molecule has 1 aliphatic heterocycles. The lowest BCUT2D eigenvalue weighted by atomic mass is 10.1. The molecule has 0 aliphatic carbocycles. The van der Waals surface area contributed by atoms with Crippen LogP contribution in [0, 0.1) is 5.92 Å². The maximum absolute atomic E-state index is 12.5. The maximum Gasteiger partial charge on any atom is 0.416 e. The van der Waals surface area contributed by atoms with Crippen LogP contribution in [0.5, 0.6) is 0 Å². The molecule has 1 saturated heterocycles. The van der Waals surface area contributed by atoms with E-state index in [9.17, 15) is 26.4 Å². The third-order valence-corrected chi connectivity index (χ3v) is 5.16. The number of rotatable bonds is 3. The molecule has 1 unspecified atom stereocenters. The molecule has 2 amide bonds. The van der Waals surface area contributed by atoms with Crippen LogP contribution in [0.1, 0.15) is 12.0 Å². The van der Waals surface area contributed by atoms with E-state index in [2.05, 4.69) is 10.6 Å². The van der Waals surface area contributed by atoms with Crippen molar-refractivity contribution in [2.24, 2.45) is 5.92 Å². The molecule has 2 N–H and O–H groups in total. The van der Waals surface area contributed by atoms with Crippen molar-refractivity contribution < 1.29 is 26.4 Å². The summed E-state index contributed by atoms with van der Waals surface area (Å²) in [6.07, 6.45) is -4.00. The van der Waals surface area contributed by atoms with Gasteiger partial charge >= 0.3 is 12.2 Å². The van der Waals surface area contributed by atoms with E-state index in [-0.39, 0.29) is 29.7 Å². The summed E-state index contributed by atoms with van der Waals surface area (Å²) < 4.78 is 60.2. The monoisotopic (exact) mass is 336 g/mol. The molecule has 1 aromatic carbocycles. The largest absolute Gasteiger partial charge is 0.416 e. The number of carbonyl (C=O) groups excluding carboxylic acids is 1. The Hall–Kier alpha value is -1.77. The number of halogens is 3. The van der Waals surface area contributed by atoms with Crippen LogP contribution in [0.15, 0.2) is 24.3 Å². The average molecular weight is 336 g/mol. The normalized spacial score (nSPS) is 20.6. The Labute approximate surface area is 125 Å². The van der Waals surface area contributed by atoms with E-state index in [1.165, 1.54) is 12.1 Å². The summed E-state index contributed by atoms with van der Waals surface area (Å²) in [6.45, 7) is 0.171. The lowest BCUT2D eigenvalue weighted by molar-refractivity contribution is -0.137. The van der Waals surface area contributed by atoms with Gasteiger partial charge in [0.25, 0.3) is 0 Å². The molecule has 2 rings (SSSR count). The van der Waals surface area contributed by atoms with Crippen LogP contribution in [0.3, 0.4) is 0 Å². The third kappa shape index (κ3) is 4.62. The van der Waals surface area contributed by atoms with Crippen molar-refractivity contribution in [3.63, 3.8) is 0 Å². The van der Waals surface area contributed by atoms with Crippen LogP contribution in [0.25, 0.3) is 0 Å². The van der Waals surface area contributed by atoms with E-state index in [0.717, 1.165) is 12.1 Å². The number of urea groups is 1. The maximum atomic E-state index is 12.5. The Morgan fingerprint density at radius 3 is 2.64 bits per heavy atom. The van der Waals surface area contributed by atoms with Gasteiger partial charge in [-0.25, -0.2) is 13.2 Å². The van der Waals surface area contributed by atoms with E-state index in [4.69, 9.17) is 0 Å². The van der Waals surface area contributed by atoms with Crippen LogP contribution < -0.4 is 10.6 Å². The fourth-order valence-electron chi connectivity index (χ4n) is 2.22. The Morgan fingerprint density at radius 1 is 1.32 bits per heavy atom. The fraction of sp³-hybridized carbons (Fsp3) is 0.462. The Balaban J connectivity index is 1.87. The molecule has 1 fully saturated rings. The van der Waals surface area contributed by atoms with Crippen molar-refractivity contribution >= 4 is 21.6 Å². The number of nitrogens with one attached hydrogen (secondary N) is 2. The van der Waals surface area contributed by atoms with Gasteiger partial charge in [0, 0.05) is 12.2 Å². The molecular weight excluding hydrogens is 321 g/mol. The standard InChI is InChI=1S/C13H15F3N2O3S/c14-13(15,16)10-2-1-3-11(6-10)18-12(19)17-7-9-4-5-22(20,21)8-9/h1-3,6,9H,4-5,7-8H2,(H2,17,18,19). The molecule has 0 aromatic heterocycles. The molecule has 0 radical (unpaired) electrons. The van der Waals surface area contributed by atoms with Crippen molar-refractivity contribution in [2.75, 3.05) is 23.4 Å². The lowest BCUT2D eigenvalue weighted by Gasteiger charge is -2.12. The Bertz CT molecular complexity index is 659. The van der Waals surface area contributed by atoms with E-state index in [0.29, 0.717) is 6.42 Å². The fourth-order valence-corrected chi connectivity index (χ4v) is 4.08. The second kappa shape index (κ2) is 6.15. The first-order chi connectivity index (χ1) is 10.2. The van der Waals surface area contributed by atoms with Crippen molar-refractivity contribution in [2.45, 2.75) is 12.6 Å². The highest BCUT2D eigenvalue weighted by Crippen LogP contribution is 2.30. The highest BCUT2D eigenvalue weighted by molar-refractivity contribution is 7.91. The van der Waals surface area contributed by atoms with Crippen molar-refractivity contribution in [3.05, 3.63) is 29.8 Å². The highest BCUT2D eigenvalue weighted by atomic mass is 32.2. The third-order valence-electron chi connectivity index (χ3n) is 3.33. The Morgan fingerprint density at radius 2 is 2.05 bits per heavy atom. The van der Waals surface area contributed by atoms with Gasteiger partial charge in [-0.1, -0.05) is 6.07 Å². The van der Waals surface area contributed by atoms with Gasteiger partial charge in [0.1, 0.15) is 0 Å². The van der Waals surface area contributed by atoms with Gasteiger partial charge in [0.2, 0.25) is 0 Å². The molecule has 122 valence electrons. The second-order valence-corrected chi connectivity index (χ2v) is 7.41. The molecule has 0 saturated carbocycles. The summed E-state index contributed by atoms with van der Waals surface area (Å²) in [6, 6.07) is 3.62. The molecule has 0 spiro atoms. The number of benzene rings is 1. The molecule has 0 bridgehead atoms. The highest BCUT2D eigenvalue weighted by Gasteiger charge is 2.30. The van der Waals surface area contributed by atoms with Gasteiger partial charge in [0.05, 0.1) is 17.1 Å². The van der Waals surface area contributed by atoms with E-state index in [1.807, 2.05) is 0 Å². The summed E-state index contributed by atoms with van der Waals surface area (Å²) >= 11 is 0. The van der Waals surface area contributed by atoms with E-state index >= 15 is 0 Å². The predicted octanol–water partition coefficient (Wildman–Crippen LogP) is 2.26. The molecule has 1 aromatic rings. The summed E-state index contributed by atoms with van der Waals surface area (Å²) in [7, 11) is -3.02. The van der Waals surface area contributed by atoms with E-state index in [1.54, 1.807) is 0 Å². The summed E-state index contributed by atoms with van der Waals surface area (Å²) in [4.78, 5) is 11.6. The Kier molecular flexibility index (Phi) is 4.64. The zero-order valence-electron chi connectivity index (χ0n) is 11.5. The first-order valence-electron chi connectivity index (χ1n) is 6.58. The summed E-state index contributed by atoms with van der Waals surface area (Å²) in [5.74, 6) is -0.0249. The van der Waals surface area contributed by atoms with Gasteiger partial charge in [-0.2, -0.15) is 13.2 Å². The number of hydrogen-bond donors (Lipinski definition) is 2. The molecule has 1 atom stereocenters. The summed E-state index contributed by atoms with van der Waals surface area (Å²) in [5.41, 5.74) is -0.835. The predicted molar refractivity (Wildman–Crippen MR) is 75.2 cm³/mol. The smallest absolute Gasteiger partial charge is 0.338 e. The number of amides is 2. The topological polar surface area (TPSA) is 75.3 Å². The second-order valence-electron chi connectivity index (χ2n) is 5.18. The number of alkyl halides is 3. The number of carbonyl (C=O) groups is 1. The molecule has 9 heteroatoms. The number of sulfone groups is 1. The lowest BCUT2D eigenvalue weighted by Crippen LogP contribution is -2.33. The van der Waals surface area contributed by atoms with Gasteiger partial charge < -0.3 is 10.6 Å². The average Bonchev–Trinajstić information content (AvgIpc) is 2.75. The van der Waals surface area contributed by atoms with Crippen molar-refractivity contribution in [1.29, 1.82) is 0 Å². The van der Waals surface area contributed by atoms with Crippen LogP contribution in [-0.4, -0.2) is 32.5 Å². The first-order valence-corrected chi connectivity index (χ1v) is 8.40. The number of hydrogen-bond acceptors (Lipinski definition) is 3. The molecule has 1 aliphatic rings. The minimum absolute atomic E-state index is 0.0198. The molecule has 22 heavy (non-hydrogen) atoms. The molecule has 5 nitrogen and oxygen atoms in total. The minimum atomic E-state index is -4.48. The SMILES string of the molecule is O=C(NCC1CCS(=O)(=O)C1)Nc1cccc(C(F)(F)F)c1. The quantitative estimate of drug-likeness (QED) is 0.889. The minimum Gasteiger partial charge on any atom is -0.338 e. The van der Waals surface area contributed by atoms with Crippen LogP contribution >= 0.6 is 0 Å². The number of anilines is 1. The van der Waals surface area contributed by atoms with Crippen LogP contribution in [0.4, 0.5) is 23.7 Å². The van der Waals surface area contributed by atoms with Gasteiger partial charge in [-0.3, -0.25) is 0 Å². The first kappa shape index (κ1) is 16.6. The molecular formula is C13H15F3N2O3S.